The van der Waals surface area contributed by atoms with Gasteiger partial charge in [-0.05, 0) is 24.5 Å². The first-order valence-electron chi connectivity index (χ1n) is 8.08. The molecule has 1 N–H and O–H groups in total. The predicted molar refractivity (Wildman–Crippen MR) is 84.1 cm³/mol. The van der Waals surface area contributed by atoms with E-state index in [1.165, 1.54) is 0 Å². The number of nitrogens with zero attached hydrogens (tertiary/aromatic N) is 3. The van der Waals surface area contributed by atoms with Crippen molar-refractivity contribution in [2.75, 3.05) is 39.3 Å². The molecule has 1 aromatic heterocycles. The van der Waals surface area contributed by atoms with Crippen molar-refractivity contribution in [3.8, 4) is 0 Å². The van der Waals surface area contributed by atoms with E-state index < -0.39 is 0 Å². The van der Waals surface area contributed by atoms with Gasteiger partial charge in [0.05, 0.1) is 18.7 Å². The molecular formula is C16H22N4O3. The molecule has 0 radical (unpaired) electrons. The van der Waals surface area contributed by atoms with E-state index in [0.717, 1.165) is 37.3 Å². The minimum absolute atomic E-state index is 0.0421. The molecule has 2 aliphatic heterocycles. The van der Waals surface area contributed by atoms with E-state index in [2.05, 4.69) is 10.3 Å². The number of amides is 2. The minimum Gasteiger partial charge on any atom is -0.450 e. The highest BCUT2D eigenvalue weighted by Crippen LogP contribution is 2.23. The fourth-order valence-corrected chi connectivity index (χ4v) is 3.09. The van der Waals surface area contributed by atoms with Crippen LogP contribution in [0.4, 0.5) is 4.79 Å². The highest BCUT2D eigenvalue weighted by Gasteiger charge is 2.27. The normalized spacial score (nSPS) is 17.6. The van der Waals surface area contributed by atoms with Gasteiger partial charge in [-0.25, -0.2) is 4.79 Å². The Morgan fingerprint density at radius 1 is 1.22 bits per heavy atom. The zero-order valence-corrected chi connectivity index (χ0v) is 13.4. The Kier molecular flexibility index (Phi) is 4.76. The van der Waals surface area contributed by atoms with Crippen LogP contribution in [0.2, 0.25) is 0 Å². The number of carbonyl (C=O) groups excluding carboxylic acids is 2. The second-order valence-electron chi connectivity index (χ2n) is 5.74. The molecule has 0 aromatic carbocycles. The topological polar surface area (TPSA) is 74.8 Å². The number of aromatic nitrogens is 1. The van der Waals surface area contributed by atoms with Gasteiger partial charge in [0.15, 0.2) is 0 Å². The third-order valence-corrected chi connectivity index (χ3v) is 4.30. The molecule has 3 rings (SSSR count). The molecule has 7 heteroatoms. The number of pyridine rings is 1. The summed E-state index contributed by atoms with van der Waals surface area (Å²) in [4.78, 5) is 32.4. The SMILES string of the molecule is CCOC(=O)N1CCc2c(cncc2C(=O)N2CCNCC2)C1. The lowest BCUT2D eigenvalue weighted by atomic mass is 9.96. The summed E-state index contributed by atoms with van der Waals surface area (Å²) in [6.07, 6.45) is 3.75. The van der Waals surface area contributed by atoms with Gasteiger partial charge in [0, 0.05) is 45.1 Å². The Balaban J connectivity index is 1.79. The molecule has 1 saturated heterocycles. The molecule has 0 spiro atoms. The van der Waals surface area contributed by atoms with E-state index in [1.807, 2.05) is 4.90 Å². The van der Waals surface area contributed by atoms with Crippen LogP contribution < -0.4 is 5.32 Å². The smallest absolute Gasteiger partial charge is 0.410 e. The largest absolute Gasteiger partial charge is 0.450 e. The first-order chi connectivity index (χ1) is 11.2. The molecule has 0 aliphatic carbocycles. The fraction of sp³-hybridized carbons (Fsp3) is 0.562. The van der Waals surface area contributed by atoms with Crippen molar-refractivity contribution in [3.05, 3.63) is 29.1 Å². The second-order valence-corrected chi connectivity index (χ2v) is 5.74. The Labute approximate surface area is 135 Å². The maximum Gasteiger partial charge on any atom is 0.410 e. The van der Waals surface area contributed by atoms with Gasteiger partial charge in [0.2, 0.25) is 0 Å². The number of fused-ring (bicyclic) bond motifs is 1. The maximum absolute atomic E-state index is 12.7. The molecule has 1 fully saturated rings. The molecule has 0 atom stereocenters. The fourth-order valence-electron chi connectivity index (χ4n) is 3.09. The average Bonchev–Trinajstić information content (AvgIpc) is 2.61. The van der Waals surface area contributed by atoms with Gasteiger partial charge in [0.1, 0.15) is 0 Å². The van der Waals surface area contributed by atoms with Gasteiger partial charge < -0.3 is 19.9 Å². The van der Waals surface area contributed by atoms with Crippen LogP contribution >= 0.6 is 0 Å². The van der Waals surface area contributed by atoms with Crippen molar-refractivity contribution in [1.29, 1.82) is 0 Å². The quantitative estimate of drug-likeness (QED) is 0.866. The molecule has 23 heavy (non-hydrogen) atoms. The molecule has 0 saturated carbocycles. The molecule has 0 bridgehead atoms. The third-order valence-electron chi connectivity index (χ3n) is 4.30. The van der Waals surface area contributed by atoms with Gasteiger partial charge in [-0.15, -0.1) is 0 Å². The van der Waals surface area contributed by atoms with E-state index in [4.69, 9.17) is 4.74 Å². The predicted octanol–water partition coefficient (Wildman–Crippen LogP) is 0.642. The highest BCUT2D eigenvalue weighted by atomic mass is 16.6. The van der Waals surface area contributed by atoms with Crippen molar-refractivity contribution in [2.24, 2.45) is 0 Å². The zero-order chi connectivity index (χ0) is 16.2. The van der Waals surface area contributed by atoms with E-state index in [9.17, 15) is 9.59 Å². The van der Waals surface area contributed by atoms with Gasteiger partial charge in [-0.3, -0.25) is 9.78 Å². The van der Waals surface area contributed by atoms with Crippen molar-refractivity contribution < 1.29 is 14.3 Å². The molecule has 0 unspecified atom stereocenters. The van der Waals surface area contributed by atoms with E-state index in [1.54, 1.807) is 24.2 Å². The third kappa shape index (κ3) is 3.29. The number of piperazine rings is 1. The lowest BCUT2D eigenvalue weighted by Gasteiger charge is -2.31. The van der Waals surface area contributed by atoms with E-state index in [-0.39, 0.29) is 12.0 Å². The minimum atomic E-state index is -0.308. The molecule has 2 aliphatic rings. The summed E-state index contributed by atoms with van der Waals surface area (Å²) in [5.41, 5.74) is 2.63. The van der Waals surface area contributed by atoms with E-state index >= 15 is 0 Å². The first kappa shape index (κ1) is 15.7. The number of hydrogen-bond donors (Lipinski definition) is 1. The van der Waals surface area contributed by atoms with Gasteiger partial charge in [0.25, 0.3) is 5.91 Å². The number of hydrogen-bond acceptors (Lipinski definition) is 5. The lowest BCUT2D eigenvalue weighted by molar-refractivity contribution is 0.0733. The van der Waals surface area contributed by atoms with Crippen LogP contribution in [0, 0.1) is 0 Å². The first-order valence-corrected chi connectivity index (χ1v) is 8.08. The van der Waals surface area contributed by atoms with Crippen molar-refractivity contribution in [1.82, 2.24) is 20.1 Å². The van der Waals surface area contributed by atoms with Crippen LogP contribution in [0.25, 0.3) is 0 Å². The molecule has 1 aromatic rings. The van der Waals surface area contributed by atoms with Crippen LogP contribution in [-0.4, -0.2) is 66.1 Å². The molecular weight excluding hydrogens is 296 g/mol. The number of rotatable bonds is 2. The van der Waals surface area contributed by atoms with Gasteiger partial charge >= 0.3 is 6.09 Å². The van der Waals surface area contributed by atoms with Crippen LogP contribution in [0.15, 0.2) is 12.4 Å². The summed E-state index contributed by atoms with van der Waals surface area (Å²) < 4.78 is 5.05. The zero-order valence-electron chi connectivity index (χ0n) is 13.4. The van der Waals surface area contributed by atoms with Crippen LogP contribution in [0.5, 0.6) is 0 Å². The Morgan fingerprint density at radius 3 is 2.74 bits per heavy atom. The Morgan fingerprint density at radius 2 is 2.00 bits per heavy atom. The molecule has 3 heterocycles. The number of carbonyl (C=O) groups is 2. The summed E-state index contributed by atoms with van der Waals surface area (Å²) in [7, 11) is 0. The molecule has 124 valence electrons. The summed E-state index contributed by atoms with van der Waals surface area (Å²) in [6, 6.07) is 0. The summed E-state index contributed by atoms with van der Waals surface area (Å²) in [5.74, 6) is 0.0421. The van der Waals surface area contributed by atoms with Gasteiger partial charge in [-0.1, -0.05) is 0 Å². The second kappa shape index (κ2) is 6.95. The Bertz CT molecular complexity index is 599. The standard InChI is InChI=1S/C16H22N4O3/c1-2-23-16(22)20-6-3-13-12(11-20)9-18-10-14(13)15(21)19-7-4-17-5-8-19/h9-10,17H,2-8,11H2,1H3. The van der Waals surface area contributed by atoms with Gasteiger partial charge in [-0.2, -0.15) is 0 Å². The average molecular weight is 318 g/mol. The monoisotopic (exact) mass is 318 g/mol. The Hall–Kier alpha value is -2.15. The number of ether oxygens (including phenoxy) is 1. The summed E-state index contributed by atoms with van der Waals surface area (Å²) >= 11 is 0. The van der Waals surface area contributed by atoms with Crippen molar-refractivity contribution in [2.45, 2.75) is 19.9 Å². The van der Waals surface area contributed by atoms with Crippen molar-refractivity contribution >= 4 is 12.0 Å². The maximum atomic E-state index is 12.7. The number of nitrogens with one attached hydrogen (secondary N) is 1. The van der Waals surface area contributed by atoms with Crippen LogP contribution in [0.1, 0.15) is 28.4 Å². The summed E-state index contributed by atoms with van der Waals surface area (Å²) in [5, 5.41) is 3.25. The molecule has 2 amide bonds. The van der Waals surface area contributed by atoms with Crippen LogP contribution in [-0.2, 0) is 17.7 Å². The highest BCUT2D eigenvalue weighted by molar-refractivity contribution is 5.96. The summed E-state index contributed by atoms with van der Waals surface area (Å²) in [6.45, 7) is 6.26. The molecule has 7 nitrogen and oxygen atoms in total. The van der Waals surface area contributed by atoms with E-state index in [0.29, 0.717) is 31.7 Å². The van der Waals surface area contributed by atoms with Crippen LogP contribution in [0.3, 0.4) is 0 Å². The lowest BCUT2D eigenvalue weighted by Crippen LogP contribution is -2.47. The van der Waals surface area contributed by atoms with Crippen molar-refractivity contribution in [3.63, 3.8) is 0 Å².